The maximum Gasteiger partial charge on any atom is 0.416 e. The lowest BCUT2D eigenvalue weighted by Crippen LogP contribution is -2.33. The van der Waals surface area contributed by atoms with Crippen LogP contribution in [0.3, 0.4) is 0 Å². The number of fused-ring (bicyclic) bond motifs is 3. The van der Waals surface area contributed by atoms with E-state index in [1.807, 2.05) is 19.9 Å². The highest BCUT2D eigenvalue weighted by Gasteiger charge is 2.61. The lowest BCUT2D eigenvalue weighted by Gasteiger charge is -2.25. The molecule has 1 aromatic carbocycles. The largest absolute Gasteiger partial charge is 0.455 e. The predicted molar refractivity (Wildman–Crippen MR) is 104 cm³/mol. The highest BCUT2D eigenvalue weighted by molar-refractivity contribution is 5.91. The number of benzene rings is 1. The van der Waals surface area contributed by atoms with Gasteiger partial charge in [0, 0.05) is 11.5 Å². The number of ether oxygens (including phenoxy) is 3. The fourth-order valence-electron chi connectivity index (χ4n) is 4.32. The highest BCUT2D eigenvalue weighted by Crippen LogP contribution is 2.50. The van der Waals surface area contributed by atoms with Gasteiger partial charge in [-0.15, -0.1) is 0 Å². The van der Waals surface area contributed by atoms with Crippen LogP contribution in [0, 0.1) is 5.92 Å². The third-order valence-electron chi connectivity index (χ3n) is 6.37. The second-order valence-electron chi connectivity index (χ2n) is 8.54. The number of hydrogen-bond acceptors (Lipinski definition) is 5. The summed E-state index contributed by atoms with van der Waals surface area (Å²) < 4.78 is 55.4. The van der Waals surface area contributed by atoms with E-state index in [1.165, 1.54) is 0 Å². The maximum absolute atomic E-state index is 12.8. The molecule has 3 aliphatic rings. The van der Waals surface area contributed by atoms with E-state index in [0.717, 1.165) is 36.3 Å². The number of alkyl halides is 3. The van der Waals surface area contributed by atoms with Crippen molar-refractivity contribution >= 4 is 11.9 Å². The zero-order chi connectivity index (χ0) is 22.6. The molecule has 8 heteroatoms. The van der Waals surface area contributed by atoms with Crippen LogP contribution in [0.1, 0.15) is 49.0 Å². The molecule has 2 heterocycles. The van der Waals surface area contributed by atoms with Crippen LogP contribution in [-0.4, -0.2) is 35.9 Å². The molecule has 0 spiro atoms. The molecule has 1 aliphatic carbocycles. The average Bonchev–Trinajstić information content (AvgIpc) is 3.30. The molecule has 5 nitrogen and oxygen atoms in total. The first kappa shape index (κ1) is 21.6. The number of carbonyl (C=O) groups is 2. The highest BCUT2D eigenvalue weighted by atomic mass is 19.4. The van der Waals surface area contributed by atoms with Crippen LogP contribution in [-0.2, 0) is 25.2 Å². The molecular weight excluding hydrogens is 413 g/mol. The molecule has 5 atom stereocenters. The SMILES string of the molecule is C=C1C(=O)O[C@H]2[C@H]1C[C@H](OC(=O)c1ccc(C(F)(F)F)cc1)/C(C)=C/CC[C@@]1(C)O[C@@H]21. The van der Waals surface area contributed by atoms with E-state index in [9.17, 15) is 22.8 Å². The maximum atomic E-state index is 12.8. The summed E-state index contributed by atoms with van der Waals surface area (Å²) in [5.41, 5.74) is -0.0771. The van der Waals surface area contributed by atoms with Crippen molar-refractivity contribution in [2.45, 2.75) is 63.2 Å². The summed E-state index contributed by atoms with van der Waals surface area (Å²) >= 11 is 0. The van der Waals surface area contributed by atoms with E-state index < -0.39 is 35.9 Å². The number of esters is 2. The molecule has 2 fully saturated rings. The van der Waals surface area contributed by atoms with Crippen LogP contribution in [0.25, 0.3) is 0 Å². The number of epoxide rings is 1. The summed E-state index contributed by atoms with van der Waals surface area (Å²) in [5.74, 6) is -1.60. The normalized spacial score (nSPS) is 34.7. The van der Waals surface area contributed by atoms with E-state index >= 15 is 0 Å². The van der Waals surface area contributed by atoms with E-state index in [1.54, 1.807) is 0 Å². The van der Waals surface area contributed by atoms with Gasteiger partial charge in [-0.05, 0) is 62.9 Å². The van der Waals surface area contributed by atoms with Crippen molar-refractivity contribution in [2.24, 2.45) is 5.92 Å². The number of halogens is 3. The average molecular weight is 436 g/mol. The third-order valence-corrected chi connectivity index (χ3v) is 6.37. The molecule has 0 aromatic heterocycles. The first-order valence-corrected chi connectivity index (χ1v) is 10.1. The van der Waals surface area contributed by atoms with Crippen molar-refractivity contribution < 1.29 is 37.0 Å². The zero-order valence-corrected chi connectivity index (χ0v) is 17.2. The third kappa shape index (κ3) is 4.13. The minimum Gasteiger partial charge on any atom is -0.455 e. The van der Waals surface area contributed by atoms with Gasteiger partial charge in [-0.2, -0.15) is 13.2 Å². The molecule has 4 rings (SSSR count). The van der Waals surface area contributed by atoms with Gasteiger partial charge in [0.15, 0.2) is 0 Å². The summed E-state index contributed by atoms with van der Waals surface area (Å²) in [5, 5.41) is 0. The zero-order valence-electron chi connectivity index (χ0n) is 17.2. The number of allylic oxidation sites excluding steroid dienone is 1. The molecule has 0 amide bonds. The second-order valence-corrected chi connectivity index (χ2v) is 8.54. The van der Waals surface area contributed by atoms with Crippen molar-refractivity contribution in [3.05, 3.63) is 59.2 Å². The van der Waals surface area contributed by atoms with Crippen molar-refractivity contribution in [3.63, 3.8) is 0 Å². The Morgan fingerprint density at radius 3 is 2.58 bits per heavy atom. The monoisotopic (exact) mass is 436 g/mol. The molecule has 0 saturated carbocycles. The van der Waals surface area contributed by atoms with Gasteiger partial charge < -0.3 is 14.2 Å². The van der Waals surface area contributed by atoms with Gasteiger partial charge in [0.1, 0.15) is 18.3 Å². The second kappa shape index (κ2) is 7.51. The molecule has 0 unspecified atom stereocenters. The molecule has 166 valence electrons. The first-order chi connectivity index (χ1) is 14.5. The topological polar surface area (TPSA) is 65.1 Å². The Morgan fingerprint density at radius 1 is 1.26 bits per heavy atom. The van der Waals surface area contributed by atoms with E-state index in [-0.39, 0.29) is 29.6 Å². The van der Waals surface area contributed by atoms with Crippen molar-refractivity contribution in [1.82, 2.24) is 0 Å². The Balaban J connectivity index is 1.56. The van der Waals surface area contributed by atoms with E-state index in [2.05, 4.69) is 6.58 Å². The summed E-state index contributed by atoms with van der Waals surface area (Å²) in [6.45, 7) is 7.67. The summed E-state index contributed by atoms with van der Waals surface area (Å²) in [6, 6.07) is 3.88. The van der Waals surface area contributed by atoms with Crippen molar-refractivity contribution in [2.75, 3.05) is 0 Å². The van der Waals surface area contributed by atoms with Crippen LogP contribution in [0.2, 0.25) is 0 Å². The minimum atomic E-state index is -4.48. The van der Waals surface area contributed by atoms with Crippen molar-refractivity contribution in [1.29, 1.82) is 0 Å². The molecule has 31 heavy (non-hydrogen) atoms. The van der Waals surface area contributed by atoms with Crippen LogP contribution in [0.5, 0.6) is 0 Å². The molecule has 0 radical (unpaired) electrons. The molecule has 1 aromatic rings. The Kier molecular flexibility index (Phi) is 5.24. The Labute approximate surface area is 177 Å². The lowest BCUT2D eigenvalue weighted by molar-refractivity contribution is -0.140. The minimum absolute atomic E-state index is 0.0186. The van der Waals surface area contributed by atoms with Gasteiger partial charge in [-0.3, -0.25) is 0 Å². The van der Waals surface area contributed by atoms with E-state index in [0.29, 0.717) is 12.0 Å². The Bertz CT molecular complexity index is 949. The van der Waals surface area contributed by atoms with Crippen LogP contribution in [0.15, 0.2) is 48.1 Å². The van der Waals surface area contributed by atoms with Gasteiger partial charge in [0.25, 0.3) is 0 Å². The van der Waals surface area contributed by atoms with Crippen molar-refractivity contribution in [3.8, 4) is 0 Å². The van der Waals surface area contributed by atoms with Crippen LogP contribution < -0.4 is 0 Å². The van der Waals surface area contributed by atoms with E-state index in [4.69, 9.17) is 14.2 Å². The predicted octanol–water partition coefficient (Wildman–Crippen LogP) is 4.62. The Hall–Kier alpha value is -2.61. The summed E-state index contributed by atoms with van der Waals surface area (Å²) in [7, 11) is 0. The van der Waals surface area contributed by atoms with Gasteiger partial charge in [-0.25, -0.2) is 9.59 Å². The smallest absolute Gasteiger partial charge is 0.416 e. The fraction of sp³-hybridized carbons (Fsp3) is 0.478. The van der Waals surface area contributed by atoms with Crippen LogP contribution >= 0.6 is 0 Å². The van der Waals surface area contributed by atoms with Gasteiger partial charge in [0.2, 0.25) is 0 Å². The number of rotatable bonds is 2. The molecular formula is C23H23F3O5. The van der Waals surface area contributed by atoms with Gasteiger partial charge in [0.05, 0.1) is 16.7 Å². The first-order valence-electron chi connectivity index (χ1n) is 10.1. The molecule has 0 N–H and O–H groups in total. The standard InChI is InChI=1S/C23H23F3O5/c1-12-5-4-10-22(3)19(31-22)18-16(13(2)20(27)30-18)11-17(12)29-21(28)14-6-8-15(9-7-14)23(24,25)26/h5-9,16-19H,2,4,10-11H2,1,3H3/b12-5+/t16-,17-,18-,19-,22+/m0/s1. The summed E-state index contributed by atoms with van der Waals surface area (Å²) in [6.07, 6.45) is -2.23. The molecule has 2 aliphatic heterocycles. The Morgan fingerprint density at radius 2 is 1.94 bits per heavy atom. The fourth-order valence-corrected chi connectivity index (χ4v) is 4.32. The number of carbonyl (C=O) groups excluding carboxylic acids is 2. The molecule has 2 saturated heterocycles. The summed E-state index contributed by atoms with van der Waals surface area (Å²) in [4.78, 5) is 24.8. The van der Waals surface area contributed by atoms with Gasteiger partial charge >= 0.3 is 18.1 Å². The van der Waals surface area contributed by atoms with Gasteiger partial charge in [-0.1, -0.05) is 12.7 Å². The van der Waals surface area contributed by atoms with Crippen LogP contribution in [0.4, 0.5) is 13.2 Å². The number of hydrogen-bond donors (Lipinski definition) is 0. The lowest BCUT2D eigenvalue weighted by atomic mass is 9.83. The quantitative estimate of drug-likeness (QED) is 0.293. The molecule has 0 bridgehead atoms.